The number of ether oxygens (including phenoxy) is 3. The van der Waals surface area contributed by atoms with Gasteiger partial charge in [-0.1, -0.05) is 26.0 Å². The van der Waals surface area contributed by atoms with Crippen LogP contribution in [0.1, 0.15) is 36.1 Å². The van der Waals surface area contributed by atoms with Crippen molar-refractivity contribution in [3.63, 3.8) is 0 Å². The smallest absolute Gasteiger partial charge is 0.138 e. The van der Waals surface area contributed by atoms with Crippen LogP contribution in [0.25, 0.3) is 0 Å². The van der Waals surface area contributed by atoms with Crippen LogP contribution in [0.4, 0.5) is 0 Å². The van der Waals surface area contributed by atoms with E-state index in [0.717, 1.165) is 34.1 Å². The summed E-state index contributed by atoms with van der Waals surface area (Å²) in [7, 11) is 3.37. The van der Waals surface area contributed by atoms with Crippen molar-refractivity contribution in [2.45, 2.75) is 33.1 Å². The summed E-state index contributed by atoms with van der Waals surface area (Å²) in [6.45, 7) is 8.53. The molecule has 0 saturated carbocycles. The topological polar surface area (TPSA) is 27.7 Å². The molecule has 1 aliphatic heterocycles. The molecule has 0 amide bonds. The molecule has 0 unspecified atom stereocenters. The van der Waals surface area contributed by atoms with E-state index in [-0.39, 0.29) is 5.41 Å². The Hall–Kier alpha value is -2.16. The Bertz CT molecular complexity index is 683. The molecule has 0 N–H and O–H groups in total. The van der Waals surface area contributed by atoms with Gasteiger partial charge in [-0.25, -0.2) is 0 Å². The van der Waals surface area contributed by atoms with Crippen LogP contribution in [0.15, 0.2) is 24.3 Å². The summed E-state index contributed by atoms with van der Waals surface area (Å²) in [6, 6.07) is 8.23. The lowest BCUT2D eigenvalue weighted by atomic mass is 9.74. The highest BCUT2D eigenvalue weighted by Gasteiger charge is 2.37. The molecule has 0 radical (unpaired) electrons. The molecule has 0 aliphatic carbocycles. The summed E-state index contributed by atoms with van der Waals surface area (Å²) < 4.78 is 17.2. The van der Waals surface area contributed by atoms with Gasteiger partial charge in [0.2, 0.25) is 0 Å². The fourth-order valence-corrected chi connectivity index (χ4v) is 3.28. The molecule has 3 heteroatoms. The summed E-state index contributed by atoms with van der Waals surface area (Å²) in [4.78, 5) is 0. The second-order valence-electron chi connectivity index (χ2n) is 6.27. The molecule has 0 atom stereocenters. The van der Waals surface area contributed by atoms with Crippen molar-refractivity contribution in [2.24, 2.45) is 0 Å². The summed E-state index contributed by atoms with van der Waals surface area (Å²) in [6.07, 6.45) is 0. The molecule has 0 bridgehead atoms. The first kappa shape index (κ1) is 14.8. The molecule has 1 aliphatic rings. The van der Waals surface area contributed by atoms with E-state index in [1.807, 2.05) is 26.0 Å². The van der Waals surface area contributed by atoms with Crippen LogP contribution in [-0.4, -0.2) is 14.2 Å². The molecule has 3 rings (SSSR count). The Morgan fingerprint density at radius 2 is 1.18 bits per heavy atom. The predicted molar refractivity (Wildman–Crippen MR) is 87.7 cm³/mol. The average molecular weight is 298 g/mol. The van der Waals surface area contributed by atoms with Crippen LogP contribution in [-0.2, 0) is 5.41 Å². The Balaban J connectivity index is 2.28. The van der Waals surface area contributed by atoms with Crippen molar-refractivity contribution in [3.05, 3.63) is 46.5 Å². The average Bonchev–Trinajstić information content (AvgIpc) is 2.49. The van der Waals surface area contributed by atoms with E-state index in [0.29, 0.717) is 0 Å². The number of rotatable bonds is 2. The number of hydrogen-bond donors (Lipinski definition) is 0. The van der Waals surface area contributed by atoms with Crippen molar-refractivity contribution in [1.29, 1.82) is 0 Å². The highest BCUT2D eigenvalue weighted by atomic mass is 16.5. The molecule has 0 aromatic heterocycles. The first-order valence-corrected chi connectivity index (χ1v) is 7.45. The Kier molecular flexibility index (Phi) is 3.32. The fraction of sp³-hybridized carbons (Fsp3) is 0.368. The van der Waals surface area contributed by atoms with E-state index in [2.05, 4.69) is 26.0 Å². The van der Waals surface area contributed by atoms with Gasteiger partial charge in [0, 0.05) is 27.7 Å². The third-order valence-electron chi connectivity index (χ3n) is 4.70. The van der Waals surface area contributed by atoms with Gasteiger partial charge in [0.1, 0.15) is 23.0 Å². The van der Waals surface area contributed by atoms with Crippen LogP contribution in [0.2, 0.25) is 0 Å². The highest BCUT2D eigenvalue weighted by Crippen LogP contribution is 2.52. The zero-order chi connectivity index (χ0) is 16.1. The van der Waals surface area contributed by atoms with Gasteiger partial charge in [0.25, 0.3) is 0 Å². The summed E-state index contributed by atoms with van der Waals surface area (Å²) in [5.74, 6) is 3.48. The third-order valence-corrected chi connectivity index (χ3v) is 4.70. The number of benzene rings is 2. The van der Waals surface area contributed by atoms with Crippen LogP contribution in [0, 0.1) is 13.8 Å². The molecule has 2 aromatic carbocycles. The first-order chi connectivity index (χ1) is 10.4. The van der Waals surface area contributed by atoms with Crippen LogP contribution in [0.5, 0.6) is 23.0 Å². The minimum absolute atomic E-state index is 0.128. The minimum Gasteiger partial charge on any atom is -0.496 e. The van der Waals surface area contributed by atoms with Gasteiger partial charge in [-0.2, -0.15) is 0 Å². The highest BCUT2D eigenvalue weighted by molar-refractivity contribution is 5.65. The van der Waals surface area contributed by atoms with Crippen molar-refractivity contribution < 1.29 is 14.2 Å². The van der Waals surface area contributed by atoms with E-state index in [9.17, 15) is 0 Å². The first-order valence-electron chi connectivity index (χ1n) is 7.45. The Morgan fingerprint density at radius 1 is 0.773 bits per heavy atom. The Labute approximate surface area is 131 Å². The molecule has 3 nitrogen and oxygen atoms in total. The monoisotopic (exact) mass is 298 g/mol. The normalized spacial score (nSPS) is 14.6. The molecule has 0 fully saturated rings. The number of hydrogen-bond acceptors (Lipinski definition) is 3. The van der Waals surface area contributed by atoms with Crippen molar-refractivity contribution in [3.8, 4) is 23.0 Å². The Morgan fingerprint density at radius 3 is 1.55 bits per heavy atom. The molecule has 116 valence electrons. The zero-order valence-corrected chi connectivity index (χ0v) is 14.0. The van der Waals surface area contributed by atoms with Crippen molar-refractivity contribution in [2.75, 3.05) is 14.2 Å². The molecular formula is C19H22O3. The van der Waals surface area contributed by atoms with Gasteiger partial charge in [-0.05, 0) is 26.0 Å². The van der Waals surface area contributed by atoms with E-state index in [4.69, 9.17) is 14.2 Å². The van der Waals surface area contributed by atoms with Crippen LogP contribution < -0.4 is 14.2 Å². The fourth-order valence-electron chi connectivity index (χ4n) is 3.28. The second-order valence-corrected chi connectivity index (χ2v) is 6.27. The third kappa shape index (κ3) is 1.88. The largest absolute Gasteiger partial charge is 0.496 e. The maximum Gasteiger partial charge on any atom is 0.138 e. The van der Waals surface area contributed by atoms with Crippen LogP contribution in [0.3, 0.4) is 0 Å². The van der Waals surface area contributed by atoms with Gasteiger partial charge < -0.3 is 14.2 Å². The van der Waals surface area contributed by atoms with Gasteiger partial charge in [-0.15, -0.1) is 0 Å². The number of fused-ring (bicyclic) bond motifs is 2. The molecule has 1 heterocycles. The standard InChI is InChI=1S/C19H22O3/c1-11-15(20-5)9-7-13-17(11)22-18-12(2)16(21-6)10-8-14(18)19(13,3)4/h7-10H,1-6H3. The summed E-state index contributed by atoms with van der Waals surface area (Å²) in [5, 5.41) is 0. The summed E-state index contributed by atoms with van der Waals surface area (Å²) >= 11 is 0. The van der Waals surface area contributed by atoms with E-state index in [1.54, 1.807) is 14.2 Å². The van der Waals surface area contributed by atoms with Gasteiger partial charge in [-0.3, -0.25) is 0 Å². The maximum atomic E-state index is 6.30. The lowest BCUT2D eigenvalue weighted by Gasteiger charge is -2.36. The number of methoxy groups -OCH3 is 2. The maximum absolute atomic E-state index is 6.30. The van der Waals surface area contributed by atoms with Crippen LogP contribution >= 0.6 is 0 Å². The predicted octanol–water partition coefficient (Wildman–Crippen LogP) is 4.75. The zero-order valence-electron chi connectivity index (χ0n) is 14.0. The molecule has 22 heavy (non-hydrogen) atoms. The van der Waals surface area contributed by atoms with Gasteiger partial charge >= 0.3 is 0 Å². The van der Waals surface area contributed by atoms with Gasteiger partial charge in [0.05, 0.1) is 14.2 Å². The van der Waals surface area contributed by atoms with Gasteiger partial charge in [0.15, 0.2) is 0 Å². The van der Waals surface area contributed by atoms with E-state index >= 15 is 0 Å². The molecule has 0 spiro atoms. The SMILES string of the molecule is COc1ccc2c(c1C)Oc1c(ccc(OC)c1C)C2(C)C. The van der Waals surface area contributed by atoms with Crippen molar-refractivity contribution in [1.82, 2.24) is 0 Å². The minimum atomic E-state index is -0.128. The lowest BCUT2D eigenvalue weighted by molar-refractivity contribution is 0.378. The lowest BCUT2D eigenvalue weighted by Crippen LogP contribution is -2.25. The van der Waals surface area contributed by atoms with E-state index in [1.165, 1.54) is 11.1 Å². The summed E-state index contributed by atoms with van der Waals surface area (Å²) in [5.41, 5.74) is 4.30. The molecule has 2 aromatic rings. The quantitative estimate of drug-likeness (QED) is 0.800. The van der Waals surface area contributed by atoms with Crippen molar-refractivity contribution >= 4 is 0 Å². The van der Waals surface area contributed by atoms with E-state index < -0.39 is 0 Å². The molecule has 0 saturated heterocycles. The molecular weight excluding hydrogens is 276 g/mol. The second kappa shape index (κ2) is 4.94.